The van der Waals surface area contributed by atoms with Crippen molar-refractivity contribution in [3.63, 3.8) is 0 Å². The summed E-state index contributed by atoms with van der Waals surface area (Å²) in [6, 6.07) is 1.72. The first-order chi connectivity index (χ1) is 8.58. The van der Waals surface area contributed by atoms with Gasteiger partial charge in [0.15, 0.2) is 17.4 Å². The van der Waals surface area contributed by atoms with Crippen LogP contribution in [-0.2, 0) is 4.74 Å². The molecule has 0 aliphatic heterocycles. The molecule has 0 saturated carbocycles. The summed E-state index contributed by atoms with van der Waals surface area (Å²) in [5, 5.41) is 9.37. The number of carbonyl (C=O) groups is 1. The van der Waals surface area contributed by atoms with E-state index in [9.17, 15) is 18.7 Å². The van der Waals surface area contributed by atoms with E-state index in [1.165, 1.54) is 0 Å². The van der Waals surface area contributed by atoms with Gasteiger partial charge in [-0.25, -0.2) is 8.78 Å². The van der Waals surface area contributed by atoms with Crippen LogP contribution in [0.5, 0.6) is 5.75 Å². The molecule has 0 aliphatic rings. The van der Waals surface area contributed by atoms with Crippen molar-refractivity contribution in [1.82, 2.24) is 0 Å². The molecular weight excluding hydrogens is 246 g/mol. The Morgan fingerprint density at radius 1 is 1.33 bits per heavy atom. The molecule has 0 aromatic heterocycles. The topological polar surface area (TPSA) is 55.8 Å². The quantitative estimate of drug-likeness (QED) is 0.756. The predicted molar refractivity (Wildman–Crippen MR) is 59.7 cm³/mol. The van der Waals surface area contributed by atoms with Gasteiger partial charge in [0.2, 0.25) is 0 Å². The number of rotatable bonds is 7. The van der Waals surface area contributed by atoms with Gasteiger partial charge in [0.25, 0.3) is 0 Å². The summed E-state index contributed by atoms with van der Waals surface area (Å²) in [5.41, 5.74) is -0.118. The van der Waals surface area contributed by atoms with E-state index in [-0.39, 0.29) is 18.8 Å². The first kappa shape index (κ1) is 14.5. The maximum absolute atomic E-state index is 13.4. The molecular formula is C12H14F2O4. The van der Waals surface area contributed by atoms with Gasteiger partial charge in [-0.3, -0.25) is 4.79 Å². The van der Waals surface area contributed by atoms with Gasteiger partial charge in [-0.2, -0.15) is 0 Å². The number of hydrogen-bond acceptors (Lipinski definition) is 4. The molecule has 0 saturated heterocycles. The van der Waals surface area contributed by atoms with Gasteiger partial charge in [0, 0.05) is 12.2 Å². The van der Waals surface area contributed by atoms with Crippen molar-refractivity contribution >= 4 is 6.29 Å². The summed E-state index contributed by atoms with van der Waals surface area (Å²) in [7, 11) is 0. The zero-order valence-electron chi connectivity index (χ0n) is 9.86. The highest BCUT2D eigenvalue weighted by Crippen LogP contribution is 2.22. The van der Waals surface area contributed by atoms with Crippen LogP contribution in [0.15, 0.2) is 12.1 Å². The second-order valence-corrected chi connectivity index (χ2v) is 3.56. The fraction of sp³-hybridized carbons (Fsp3) is 0.417. The number of aliphatic hydroxyl groups excluding tert-OH is 1. The Hall–Kier alpha value is -1.53. The molecule has 0 amide bonds. The highest BCUT2D eigenvalue weighted by molar-refractivity contribution is 5.75. The average molecular weight is 260 g/mol. The molecule has 0 fully saturated rings. The van der Waals surface area contributed by atoms with Crippen LogP contribution in [0.4, 0.5) is 8.78 Å². The van der Waals surface area contributed by atoms with Crippen molar-refractivity contribution in [2.45, 2.75) is 13.0 Å². The summed E-state index contributed by atoms with van der Waals surface area (Å²) in [6.07, 6.45) is -0.644. The smallest absolute Gasteiger partial charge is 0.190 e. The minimum atomic E-state index is -0.985. The monoisotopic (exact) mass is 260 g/mol. The van der Waals surface area contributed by atoms with E-state index in [0.29, 0.717) is 12.9 Å². The van der Waals surface area contributed by atoms with E-state index in [1.54, 1.807) is 6.92 Å². The van der Waals surface area contributed by atoms with Crippen LogP contribution in [0.25, 0.3) is 0 Å². The van der Waals surface area contributed by atoms with E-state index < -0.39 is 23.5 Å². The number of benzene rings is 1. The van der Waals surface area contributed by atoms with E-state index in [0.717, 1.165) is 12.1 Å². The molecule has 0 radical (unpaired) electrons. The summed E-state index contributed by atoms with van der Waals surface area (Å²) >= 11 is 0. The van der Waals surface area contributed by atoms with Crippen LogP contribution < -0.4 is 4.74 Å². The Bertz CT molecular complexity index is 386. The molecule has 0 heterocycles. The maximum Gasteiger partial charge on any atom is 0.190 e. The average Bonchev–Trinajstić information content (AvgIpc) is 2.34. The Morgan fingerprint density at radius 3 is 2.44 bits per heavy atom. The molecule has 0 bridgehead atoms. The van der Waals surface area contributed by atoms with Gasteiger partial charge in [-0.15, -0.1) is 0 Å². The van der Waals surface area contributed by atoms with Crippen molar-refractivity contribution in [2.75, 3.05) is 19.8 Å². The van der Waals surface area contributed by atoms with Gasteiger partial charge in [0.05, 0.1) is 6.61 Å². The van der Waals surface area contributed by atoms with Gasteiger partial charge < -0.3 is 14.6 Å². The Morgan fingerprint density at radius 2 is 1.94 bits per heavy atom. The third-order valence-electron chi connectivity index (χ3n) is 2.09. The fourth-order valence-electron chi connectivity index (χ4n) is 1.27. The highest BCUT2D eigenvalue weighted by atomic mass is 19.1. The Labute approximate surface area is 103 Å². The van der Waals surface area contributed by atoms with Crippen molar-refractivity contribution in [3.8, 4) is 5.75 Å². The lowest BCUT2D eigenvalue weighted by Crippen LogP contribution is -2.24. The molecule has 0 aliphatic carbocycles. The molecule has 1 aromatic rings. The van der Waals surface area contributed by atoms with E-state index >= 15 is 0 Å². The highest BCUT2D eigenvalue weighted by Gasteiger charge is 2.14. The molecule has 1 N–H and O–H groups in total. The lowest BCUT2D eigenvalue weighted by molar-refractivity contribution is 0.0148. The Kier molecular flexibility index (Phi) is 5.67. The van der Waals surface area contributed by atoms with Gasteiger partial charge >= 0.3 is 0 Å². The van der Waals surface area contributed by atoms with Crippen LogP contribution in [0.1, 0.15) is 17.3 Å². The SMILES string of the molecule is CCOCC(O)COc1c(F)cc(C=O)cc1F. The standard InChI is InChI=1S/C12H14F2O4/c1-2-17-6-9(16)7-18-12-10(13)3-8(5-15)4-11(12)14/h3-5,9,16H,2,6-7H2,1H3. The van der Waals surface area contributed by atoms with Crippen LogP contribution >= 0.6 is 0 Å². The predicted octanol–water partition coefficient (Wildman–Crippen LogP) is 1.55. The zero-order chi connectivity index (χ0) is 13.5. The fourth-order valence-corrected chi connectivity index (χ4v) is 1.27. The molecule has 6 heteroatoms. The van der Waals surface area contributed by atoms with Crippen molar-refractivity contribution in [1.29, 1.82) is 0 Å². The van der Waals surface area contributed by atoms with E-state index in [4.69, 9.17) is 9.47 Å². The molecule has 1 rings (SSSR count). The second-order valence-electron chi connectivity index (χ2n) is 3.56. The Balaban J connectivity index is 2.64. The second kappa shape index (κ2) is 7.03. The molecule has 1 unspecified atom stereocenters. The van der Waals surface area contributed by atoms with Crippen LogP contribution in [-0.4, -0.2) is 37.3 Å². The number of ether oxygens (including phenoxy) is 2. The maximum atomic E-state index is 13.4. The number of aldehydes is 1. The minimum absolute atomic E-state index is 0.0200. The number of halogens is 2. The lowest BCUT2D eigenvalue weighted by atomic mass is 10.2. The normalized spacial score (nSPS) is 12.2. The van der Waals surface area contributed by atoms with Crippen LogP contribution in [0.2, 0.25) is 0 Å². The third-order valence-corrected chi connectivity index (χ3v) is 2.09. The first-order valence-electron chi connectivity index (χ1n) is 5.41. The van der Waals surface area contributed by atoms with Gasteiger partial charge in [0.1, 0.15) is 19.0 Å². The summed E-state index contributed by atoms with van der Waals surface area (Å²) in [5.74, 6) is -2.59. The summed E-state index contributed by atoms with van der Waals surface area (Å²) < 4.78 is 36.5. The van der Waals surface area contributed by atoms with Crippen molar-refractivity contribution in [3.05, 3.63) is 29.3 Å². The van der Waals surface area contributed by atoms with Crippen LogP contribution in [0, 0.1) is 11.6 Å². The number of carbonyl (C=O) groups excluding carboxylic acids is 1. The van der Waals surface area contributed by atoms with Gasteiger partial charge in [-0.05, 0) is 19.1 Å². The van der Waals surface area contributed by atoms with Gasteiger partial charge in [-0.1, -0.05) is 0 Å². The number of hydrogen-bond donors (Lipinski definition) is 1. The minimum Gasteiger partial charge on any atom is -0.485 e. The third kappa shape index (κ3) is 4.05. The van der Waals surface area contributed by atoms with E-state index in [2.05, 4.69) is 0 Å². The molecule has 18 heavy (non-hydrogen) atoms. The largest absolute Gasteiger partial charge is 0.485 e. The molecule has 1 aromatic carbocycles. The van der Waals surface area contributed by atoms with Crippen molar-refractivity contribution < 1.29 is 28.2 Å². The summed E-state index contributed by atoms with van der Waals surface area (Å²) in [4.78, 5) is 10.4. The van der Waals surface area contributed by atoms with E-state index in [1.807, 2.05) is 0 Å². The molecule has 1 atom stereocenters. The number of aliphatic hydroxyl groups is 1. The van der Waals surface area contributed by atoms with Crippen molar-refractivity contribution in [2.24, 2.45) is 0 Å². The molecule has 100 valence electrons. The van der Waals surface area contributed by atoms with Crippen LogP contribution in [0.3, 0.4) is 0 Å². The summed E-state index contributed by atoms with van der Waals surface area (Å²) in [6.45, 7) is 1.90. The lowest BCUT2D eigenvalue weighted by Gasteiger charge is -2.13. The molecule has 0 spiro atoms. The molecule has 4 nitrogen and oxygen atoms in total. The first-order valence-corrected chi connectivity index (χ1v) is 5.41. The zero-order valence-corrected chi connectivity index (χ0v) is 9.86.